The van der Waals surface area contributed by atoms with E-state index in [9.17, 15) is 4.79 Å². The van der Waals surface area contributed by atoms with Gasteiger partial charge in [0.05, 0.1) is 0 Å². The first-order valence-electron chi connectivity index (χ1n) is 7.28. The normalized spacial score (nSPS) is 17.2. The predicted molar refractivity (Wildman–Crippen MR) is 81.8 cm³/mol. The molecule has 1 atom stereocenters. The molecule has 108 valence electrons. The standard InChI is InChI=1S/C18H19NO2/c1-14-11-16-9-5-6-10-17(16)12-19(14)18(20)21-13-15-7-3-2-4-8-15/h2-10,14H,11-13H2,1H3. The second-order valence-electron chi connectivity index (χ2n) is 5.49. The molecule has 0 N–H and O–H groups in total. The molecular weight excluding hydrogens is 262 g/mol. The fourth-order valence-corrected chi connectivity index (χ4v) is 2.73. The molecule has 1 heterocycles. The van der Waals surface area contributed by atoms with Crippen molar-refractivity contribution in [2.24, 2.45) is 0 Å². The van der Waals surface area contributed by atoms with Crippen LogP contribution in [0.25, 0.3) is 0 Å². The van der Waals surface area contributed by atoms with Crippen LogP contribution < -0.4 is 0 Å². The molecule has 1 amide bonds. The molecule has 0 aliphatic carbocycles. The first kappa shape index (κ1) is 13.7. The van der Waals surface area contributed by atoms with E-state index in [-0.39, 0.29) is 12.1 Å². The number of fused-ring (bicyclic) bond motifs is 1. The maximum Gasteiger partial charge on any atom is 0.410 e. The topological polar surface area (TPSA) is 29.5 Å². The number of nitrogens with zero attached hydrogens (tertiary/aromatic N) is 1. The van der Waals surface area contributed by atoms with Gasteiger partial charge in [-0.15, -0.1) is 0 Å². The van der Waals surface area contributed by atoms with Crippen molar-refractivity contribution in [1.82, 2.24) is 4.90 Å². The smallest absolute Gasteiger partial charge is 0.410 e. The van der Waals surface area contributed by atoms with E-state index in [1.807, 2.05) is 41.3 Å². The Morgan fingerprint density at radius 1 is 1.10 bits per heavy atom. The average molecular weight is 281 g/mol. The van der Waals surface area contributed by atoms with Gasteiger partial charge in [0, 0.05) is 12.6 Å². The molecule has 0 radical (unpaired) electrons. The highest BCUT2D eigenvalue weighted by atomic mass is 16.6. The molecule has 0 aromatic heterocycles. The summed E-state index contributed by atoms with van der Waals surface area (Å²) in [6.07, 6.45) is 0.650. The molecule has 1 unspecified atom stereocenters. The summed E-state index contributed by atoms with van der Waals surface area (Å²) in [7, 11) is 0. The summed E-state index contributed by atoms with van der Waals surface area (Å²) >= 11 is 0. The van der Waals surface area contributed by atoms with Crippen molar-refractivity contribution in [2.75, 3.05) is 0 Å². The second-order valence-corrected chi connectivity index (χ2v) is 5.49. The Morgan fingerprint density at radius 3 is 2.52 bits per heavy atom. The first-order chi connectivity index (χ1) is 10.2. The summed E-state index contributed by atoms with van der Waals surface area (Å²) in [5, 5.41) is 0. The Morgan fingerprint density at radius 2 is 1.76 bits per heavy atom. The molecule has 21 heavy (non-hydrogen) atoms. The van der Waals surface area contributed by atoms with Gasteiger partial charge in [0.15, 0.2) is 0 Å². The third-order valence-electron chi connectivity index (χ3n) is 3.95. The van der Waals surface area contributed by atoms with Gasteiger partial charge in [0.2, 0.25) is 0 Å². The van der Waals surface area contributed by atoms with Crippen LogP contribution in [0.5, 0.6) is 0 Å². The van der Waals surface area contributed by atoms with Gasteiger partial charge in [-0.3, -0.25) is 0 Å². The first-order valence-corrected chi connectivity index (χ1v) is 7.28. The Bertz CT molecular complexity index is 624. The molecule has 0 spiro atoms. The van der Waals surface area contributed by atoms with Gasteiger partial charge < -0.3 is 9.64 Å². The van der Waals surface area contributed by atoms with E-state index >= 15 is 0 Å². The third-order valence-corrected chi connectivity index (χ3v) is 3.95. The molecule has 3 rings (SSSR count). The maximum absolute atomic E-state index is 12.3. The number of rotatable bonds is 2. The lowest BCUT2D eigenvalue weighted by atomic mass is 9.95. The van der Waals surface area contributed by atoms with E-state index in [4.69, 9.17) is 4.74 Å². The number of hydrogen-bond acceptors (Lipinski definition) is 2. The van der Waals surface area contributed by atoms with Gasteiger partial charge in [0.1, 0.15) is 6.61 Å². The van der Waals surface area contributed by atoms with Crippen LogP contribution in [0.2, 0.25) is 0 Å². The Kier molecular flexibility index (Phi) is 3.91. The molecule has 0 bridgehead atoms. The summed E-state index contributed by atoms with van der Waals surface area (Å²) < 4.78 is 5.44. The van der Waals surface area contributed by atoms with E-state index < -0.39 is 0 Å². The van der Waals surface area contributed by atoms with Crippen molar-refractivity contribution in [3.8, 4) is 0 Å². The van der Waals surface area contributed by atoms with Crippen molar-refractivity contribution >= 4 is 6.09 Å². The molecule has 3 heteroatoms. The van der Waals surface area contributed by atoms with Gasteiger partial charge in [-0.05, 0) is 30.0 Å². The highest BCUT2D eigenvalue weighted by Gasteiger charge is 2.27. The lowest BCUT2D eigenvalue weighted by Crippen LogP contribution is -2.42. The zero-order valence-electron chi connectivity index (χ0n) is 12.2. The molecule has 2 aromatic rings. The van der Waals surface area contributed by atoms with Crippen LogP contribution in [0.15, 0.2) is 54.6 Å². The number of carbonyl (C=O) groups excluding carboxylic acids is 1. The summed E-state index contributed by atoms with van der Waals surface area (Å²) in [6.45, 7) is 3.02. The SMILES string of the molecule is CC1Cc2ccccc2CN1C(=O)OCc1ccccc1. The number of hydrogen-bond donors (Lipinski definition) is 0. The number of benzene rings is 2. The predicted octanol–water partition coefficient (Wildman–Crippen LogP) is 3.77. The molecule has 0 fully saturated rings. The van der Waals surface area contributed by atoms with Crippen LogP contribution in [0.1, 0.15) is 23.6 Å². The summed E-state index contributed by atoms with van der Waals surface area (Å²) in [5.41, 5.74) is 3.56. The quantitative estimate of drug-likeness (QED) is 0.838. The van der Waals surface area contributed by atoms with Crippen molar-refractivity contribution < 1.29 is 9.53 Å². The van der Waals surface area contributed by atoms with Gasteiger partial charge >= 0.3 is 6.09 Å². The van der Waals surface area contributed by atoms with Crippen molar-refractivity contribution in [3.63, 3.8) is 0 Å². The van der Waals surface area contributed by atoms with Crippen LogP contribution in [0.4, 0.5) is 4.79 Å². The largest absolute Gasteiger partial charge is 0.445 e. The summed E-state index contributed by atoms with van der Waals surface area (Å²) in [6, 6.07) is 18.2. The number of ether oxygens (including phenoxy) is 1. The van der Waals surface area contributed by atoms with Crippen LogP contribution in [-0.4, -0.2) is 17.0 Å². The Hall–Kier alpha value is -2.29. The number of amides is 1. The fraction of sp³-hybridized carbons (Fsp3) is 0.278. The molecule has 2 aromatic carbocycles. The van der Waals surface area contributed by atoms with Gasteiger partial charge in [-0.25, -0.2) is 4.79 Å². The van der Waals surface area contributed by atoms with Crippen molar-refractivity contribution in [1.29, 1.82) is 0 Å². The van der Waals surface area contributed by atoms with Crippen molar-refractivity contribution in [2.45, 2.75) is 32.5 Å². The van der Waals surface area contributed by atoms with Crippen LogP contribution >= 0.6 is 0 Å². The van der Waals surface area contributed by atoms with Crippen LogP contribution in [0.3, 0.4) is 0 Å². The lowest BCUT2D eigenvalue weighted by Gasteiger charge is -2.34. The Balaban J connectivity index is 1.65. The van der Waals surface area contributed by atoms with E-state index in [2.05, 4.69) is 25.1 Å². The van der Waals surface area contributed by atoms with Gasteiger partial charge in [-0.2, -0.15) is 0 Å². The maximum atomic E-state index is 12.3. The monoisotopic (exact) mass is 281 g/mol. The zero-order chi connectivity index (χ0) is 14.7. The van der Waals surface area contributed by atoms with Gasteiger partial charge in [-0.1, -0.05) is 54.6 Å². The van der Waals surface area contributed by atoms with E-state index in [0.717, 1.165) is 12.0 Å². The van der Waals surface area contributed by atoms with E-state index in [1.165, 1.54) is 11.1 Å². The van der Waals surface area contributed by atoms with Crippen LogP contribution in [0, 0.1) is 0 Å². The average Bonchev–Trinajstić information content (AvgIpc) is 2.53. The molecule has 3 nitrogen and oxygen atoms in total. The van der Waals surface area contributed by atoms with E-state index in [1.54, 1.807) is 0 Å². The van der Waals surface area contributed by atoms with Gasteiger partial charge in [0.25, 0.3) is 0 Å². The Labute approximate surface area is 125 Å². The minimum atomic E-state index is -0.235. The minimum Gasteiger partial charge on any atom is -0.445 e. The lowest BCUT2D eigenvalue weighted by molar-refractivity contribution is 0.0766. The summed E-state index contributed by atoms with van der Waals surface area (Å²) in [4.78, 5) is 14.1. The second kappa shape index (κ2) is 6.00. The molecule has 0 saturated heterocycles. The molecular formula is C18H19NO2. The number of carbonyl (C=O) groups is 1. The third kappa shape index (κ3) is 3.07. The summed E-state index contributed by atoms with van der Waals surface area (Å²) in [5.74, 6) is 0. The van der Waals surface area contributed by atoms with E-state index in [0.29, 0.717) is 13.2 Å². The van der Waals surface area contributed by atoms with Crippen molar-refractivity contribution in [3.05, 3.63) is 71.3 Å². The molecule has 1 aliphatic heterocycles. The molecule has 1 aliphatic rings. The minimum absolute atomic E-state index is 0.170. The highest BCUT2D eigenvalue weighted by Crippen LogP contribution is 2.23. The fourth-order valence-electron chi connectivity index (χ4n) is 2.73. The van der Waals surface area contributed by atoms with Crippen LogP contribution in [-0.2, 0) is 24.3 Å². The molecule has 0 saturated carbocycles. The highest BCUT2D eigenvalue weighted by molar-refractivity contribution is 5.68. The zero-order valence-corrected chi connectivity index (χ0v) is 12.2.